The Kier molecular flexibility index (Phi) is 6.99. The normalized spacial score (nSPS) is 10.6. The van der Waals surface area contributed by atoms with E-state index in [1.807, 2.05) is 41.5 Å². The monoisotopic (exact) mass is 198 g/mol. The lowest BCUT2D eigenvalue weighted by Gasteiger charge is -2.24. The van der Waals surface area contributed by atoms with Gasteiger partial charge in [-0.1, -0.05) is 0 Å². The molecule has 80 valence electrons. The molecule has 0 N–H and O–H groups in total. The molecule has 14 heavy (non-hydrogen) atoms. The molecule has 0 amide bonds. The van der Waals surface area contributed by atoms with Gasteiger partial charge in [-0.15, -0.1) is 0 Å². The number of nitrogens with zero attached hydrogens (tertiary/aromatic N) is 2. The second kappa shape index (κ2) is 6.37. The Morgan fingerprint density at radius 3 is 1.00 bits per heavy atom. The molecule has 0 aliphatic heterocycles. The van der Waals surface area contributed by atoms with Crippen LogP contribution in [0.25, 0.3) is 0 Å². The molecule has 0 aromatic heterocycles. The van der Waals surface area contributed by atoms with Gasteiger partial charge in [0.15, 0.2) is 12.1 Å². The van der Waals surface area contributed by atoms with Gasteiger partial charge in [-0.3, -0.25) is 0 Å². The molecule has 0 aliphatic carbocycles. The Bertz CT molecular complexity index is 196. The van der Waals surface area contributed by atoms with E-state index in [-0.39, 0.29) is 11.2 Å². The molecular formula is C10H18N2O2. The summed E-state index contributed by atoms with van der Waals surface area (Å²) in [6, 6.07) is 2.47. The van der Waals surface area contributed by atoms with E-state index in [1.54, 1.807) is 0 Å². The van der Waals surface area contributed by atoms with Crippen LogP contribution in [-0.2, 0) is 9.78 Å². The molecule has 4 heteroatoms. The maximum absolute atomic E-state index is 7.26. The average Bonchev–Trinajstić information content (AvgIpc) is 1.99. The maximum Gasteiger partial charge on any atom is 0.181 e. The zero-order chi connectivity index (χ0) is 11.8. The molecule has 0 saturated carbocycles. The summed E-state index contributed by atoms with van der Waals surface area (Å²) in [5.41, 5.74) is -0.430. The number of hydrogen-bond donors (Lipinski definition) is 0. The Morgan fingerprint density at radius 2 is 0.929 bits per heavy atom. The van der Waals surface area contributed by atoms with E-state index in [2.05, 4.69) is 0 Å². The van der Waals surface area contributed by atoms with E-state index in [4.69, 9.17) is 20.3 Å². The van der Waals surface area contributed by atoms with Crippen molar-refractivity contribution in [3.05, 3.63) is 0 Å². The van der Waals surface area contributed by atoms with Crippen LogP contribution in [0.3, 0.4) is 0 Å². The van der Waals surface area contributed by atoms with Gasteiger partial charge in [-0.05, 0) is 41.5 Å². The fraction of sp³-hybridized carbons (Fsp3) is 0.800. The summed E-state index contributed by atoms with van der Waals surface area (Å²) >= 11 is 0. The van der Waals surface area contributed by atoms with E-state index >= 15 is 0 Å². The standard InChI is InChI=1S/C8H18O2.C2N2/c1-7(2,3)9-10-8(4,5)6;3-1-2-4/h1-6H3;. The predicted octanol–water partition coefficient (Wildman–Crippen LogP) is 2.57. The van der Waals surface area contributed by atoms with Gasteiger partial charge in [0.1, 0.15) is 0 Å². The fourth-order valence-electron chi connectivity index (χ4n) is 0.250. The van der Waals surface area contributed by atoms with Crippen LogP contribution in [0.15, 0.2) is 0 Å². The van der Waals surface area contributed by atoms with Crippen LogP contribution in [0, 0.1) is 22.7 Å². The molecule has 0 aromatic carbocycles. The molecule has 0 saturated heterocycles. The minimum absolute atomic E-state index is 0.215. The number of nitriles is 2. The first-order valence-electron chi connectivity index (χ1n) is 4.27. The van der Waals surface area contributed by atoms with Crippen molar-refractivity contribution in [3.63, 3.8) is 0 Å². The van der Waals surface area contributed by atoms with Gasteiger partial charge in [0, 0.05) is 0 Å². The van der Waals surface area contributed by atoms with Crippen molar-refractivity contribution < 1.29 is 9.78 Å². The first kappa shape index (κ1) is 15.4. The molecule has 0 heterocycles. The first-order valence-corrected chi connectivity index (χ1v) is 4.27. The van der Waals surface area contributed by atoms with Gasteiger partial charge in [0.25, 0.3) is 0 Å². The van der Waals surface area contributed by atoms with Crippen LogP contribution in [0.1, 0.15) is 41.5 Å². The van der Waals surface area contributed by atoms with Gasteiger partial charge >= 0.3 is 0 Å². The Hall–Kier alpha value is -1.10. The summed E-state index contributed by atoms with van der Waals surface area (Å²) in [4.78, 5) is 10.2. The molecule has 0 fully saturated rings. The molecule has 0 spiro atoms. The smallest absolute Gasteiger partial charge is 0.181 e. The largest absolute Gasteiger partial charge is 0.230 e. The molecule has 0 bridgehead atoms. The molecule has 0 rings (SSSR count). The first-order chi connectivity index (χ1) is 6.12. The van der Waals surface area contributed by atoms with Gasteiger partial charge in [0.2, 0.25) is 0 Å². The average molecular weight is 198 g/mol. The van der Waals surface area contributed by atoms with E-state index in [0.29, 0.717) is 0 Å². The van der Waals surface area contributed by atoms with Crippen LogP contribution >= 0.6 is 0 Å². The molecular weight excluding hydrogens is 180 g/mol. The zero-order valence-corrected chi connectivity index (χ0v) is 9.71. The van der Waals surface area contributed by atoms with E-state index < -0.39 is 0 Å². The molecule has 4 nitrogen and oxygen atoms in total. The van der Waals surface area contributed by atoms with Crippen molar-refractivity contribution in [3.8, 4) is 12.1 Å². The third-order valence-electron chi connectivity index (χ3n) is 0.592. The van der Waals surface area contributed by atoms with Gasteiger partial charge < -0.3 is 0 Å². The zero-order valence-electron chi connectivity index (χ0n) is 9.71. The van der Waals surface area contributed by atoms with Crippen molar-refractivity contribution in [2.45, 2.75) is 52.7 Å². The van der Waals surface area contributed by atoms with Crippen molar-refractivity contribution in [2.75, 3.05) is 0 Å². The second-order valence-corrected chi connectivity index (χ2v) is 4.62. The van der Waals surface area contributed by atoms with E-state index in [0.717, 1.165) is 0 Å². The third-order valence-corrected chi connectivity index (χ3v) is 0.592. The van der Waals surface area contributed by atoms with Gasteiger partial charge in [-0.2, -0.15) is 10.5 Å². The van der Waals surface area contributed by atoms with Crippen molar-refractivity contribution in [1.29, 1.82) is 10.5 Å². The molecule has 0 atom stereocenters. The lowest BCUT2D eigenvalue weighted by Crippen LogP contribution is -2.27. The minimum atomic E-state index is -0.215. The highest BCUT2D eigenvalue weighted by Crippen LogP contribution is 2.14. The van der Waals surface area contributed by atoms with Crippen LogP contribution < -0.4 is 0 Å². The molecule has 0 unspecified atom stereocenters. The summed E-state index contributed by atoms with van der Waals surface area (Å²) < 4.78 is 0. The Morgan fingerprint density at radius 1 is 0.714 bits per heavy atom. The van der Waals surface area contributed by atoms with Gasteiger partial charge in [-0.25, -0.2) is 9.78 Å². The lowest BCUT2D eigenvalue weighted by molar-refractivity contribution is -0.393. The molecule has 0 radical (unpaired) electrons. The van der Waals surface area contributed by atoms with Crippen LogP contribution in [-0.4, -0.2) is 11.2 Å². The summed E-state index contributed by atoms with van der Waals surface area (Å²) in [5, 5.41) is 14.5. The lowest BCUT2D eigenvalue weighted by atomic mass is 10.2. The fourth-order valence-corrected chi connectivity index (χ4v) is 0.250. The quantitative estimate of drug-likeness (QED) is 0.479. The van der Waals surface area contributed by atoms with Crippen LogP contribution in [0.5, 0.6) is 0 Å². The highest BCUT2D eigenvalue weighted by Gasteiger charge is 2.18. The topological polar surface area (TPSA) is 66.0 Å². The van der Waals surface area contributed by atoms with Crippen molar-refractivity contribution in [2.24, 2.45) is 0 Å². The predicted molar refractivity (Wildman–Crippen MR) is 52.9 cm³/mol. The molecule has 0 aromatic rings. The van der Waals surface area contributed by atoms with E-state index in [1.165, 1.54) is 12.1 Å². The number of rotatable bonds is 1. The highest BCUT2D eigenvalue weighted by atomic mass is 17.2. The minimum Gasteiger partial charge on any atom is -0.230 e. The summed E-state index contributed by atoms with van der Waals surface area (Å²) in [6.07, 6.45) is 0. The molecule has 0 aliphatic rings. The van der Waals surface area contributed by atoms with E-state index in [9.17, 15) is 0 Å². The Balaban J connectivity index is 0. The van der Waals surface area contributed by atoms with Crippen LogP contribution in [0.4, 0.5) is 0 Å². The van der Waals surface area contributed by atoms with Crippen molar-refractivity contribution >= 4 is 0 Å². The highest BCUT2D eigenvalue weighted by molar-refractivity contribution is 4.99. The summed E-state index contributed by atoms with van der Waals surface area (Å²) in [5.74, 6) is 0. The Labute approximate surface area is 86.0 Å². The SMILES string of the molecule is CC(C)(C)OOC(C)(C)C.N#CC#N. The third kappa shape index (κ3) is 22.4. The van der Waals surface area contributed by atoms with Crippen molar-refractivity contribution in [1.82, 2.24) is 0 Å². The second-order valence-electron chi connectivity index (χ2n) is 4.62. The van der Waals surface area contributed by atoms with Gasteiger partial charge in [0.05, 0.1) is 11.2 Å². The summed E-state index contributed by atoms with van der Waals surface area (Å²) in [7, 11) is 0. The summed E-state index contributed by atoms with van der Waals surface area (Å²) in [6.45, 7) is 11.7. The number of hydrogen-bond acceptors (Lipinski definition) is 4. The van der Waals surface area contributed by atoms with Crippen LogP contribution in [0.2, 0.25) is 0 Å². The maximum atomic E-state index is 7.26.